The van der Waals surface area contributed by atoms with Crippen molar-refractivity contribution in [3.63, 3.8) is 0 Å². The third kappa shape index (κ3) is 3.93. The minimum atomic E-state index is -0.620. The van der Waals surface area contributed by atoms with Crippen molar-refractivity contribution in [1.82, 2.24) is 0 Å². The fourth-order valence-corrected chi connectivity index (χ4v) is 1.97. The van der Waals surface area contributed by atoms with Crippen LogP contribution in [0.5, 0.6) is 0 Å². The zero-order chi connectivity index (χ0) is 15.4. The molecule has 0 fully saturated rings. The molecule has 108 valence electrons. The highest BCUT2D eigenvalue weighted by Gasteiger charge is 2.16. The Labute approximate surface area is 130 Å². The highest BCUT2D eigenvalue weighted by Crippen LogP contribution is 2.25. The molecule has 0 unspecified atom stereocenters. The minimum Gasteiger partial charge on any atom is -0.457 e. The highest BCUT2D eigenvalue weighted by molar-refractivity contribution is 6.33. The molecule has 0 heterocycles. The van der Waals surface area contributed by atoms with Crippen LogP contribution >= 0.6 is 23.2 Å². The van der Waals surface area contributed by atoms with Crippen LogP contribution in [0.4, 0.5) is 5.69 Å². The van der Waals surface area contributed by atoms with Crippen LogP contribution in [-0.2, 0) is 11.3 Å². The lowest BCUT2D eigenvalue weighted by Crippen LogP contribution is -2.05. The van der Waals surface area contributed by atoms with Gasteiger partial charge in [0.25, 0.3) is 5.69 Å². The first-order valence-electron chi connectivity index (χ1n) is 5.83. The molecule has 0 aliphatic heterocycles. The van der Waals surface area contributed by atoms with E-state index in [1.807, 2.05) is 0 Å². The van der Waals surface area contributed by atoms with Crippen molar-refractivity contribution in [3.05, 3.63) is 73.8 Å². The molecule has 0 atom stereocenters. The molecule has 7 heteroatoms. The van der Waals surface area contributed by atoms with Gasteiger partial charge in [0.1, 0.15) is 11.6 Å². The van der Waals surface area contributed by atoms with Crippen molar-refractivity contribution in [1.29, 1.82) is 0 Å². The molecule has 0 bridgehead atoms. The lowest BCUT2D eigenvalue weighted by molar-refractivity contribution is -0.384. The van der Waals surface area contributed by atoms with Crippen LogP contribution in [0, 0.1) is 10.1 Å². The van der Waals surface area contributed by atoms with Crippen LogP contribution in [0.15, 0.2) is 42.5 Å². The number of nitro groups is 1. The van der Waals surface area contributed by atoms with Crippen LogP contribution < -0.4 is 0 Å². The van der Waals surface area contributed by atoms with E-state index < -0.39 is 10.9 Å². The number of rotatable bonds is 4. The van der Waals surface area contributed by atoms with Gasteiger partial charge in [-0.1, -0.05) is 35.3 Å². The van der Waals surface area contributed by atoms with E-state index in [1.165, 1.54) is 18.2 Å². The molecule has 0 N–H and O–H groups in total. The maximum absolute atomic E-state index is 11.8. The summed E-state index contributed by atoms with van der Waals surface area (Å²) in [5, 5.41) is 11.1. The summed E-state index contributed by atoms with van der Waals surface area (Å²) in [6.07, 6.45) is 0. The van der Waals surface area contributed by atoms with Crippen molar-refractivity contribution >= 4 is 34.9 Å². The quantitative estimate of drug-likeness (QED) is 0.478. The Morgan fingerprint density at radius 2 is 1.81 bits per heavy atom. The number of carbonyl (C=O) groups excluding carboxylic acids is 1. The molecule has 2 aromatic rings. The summed E-state index contributed by atoms with van der Waals surface area (Å²) in [5.41, 5.74) is 0.672. The van der Waals surface area contributed by atoms with E-state index in [9.17, 15) is 14.9 Å². The van der Waals surface area contributed by atoms with Gasteiger partial charge in [-0.3, -0.25) is 10.1 Å². The number of hydrogen-bond donors (Lipinski definition) is 0. The number of halogens is 2. The van der Waals surface area contributed by atoms with Crippen molar-refractivity contribution < 1.29 is 14.5 Å². The summed E-state index contributed by atoms with van der Waals surface area (Å²) in [6, 6.07) is 10.5. The molecular formula is C14H9Cl2NO4. The zero-order valence-corrected chi connectivity index (χ0v) is 12.1. The van der Waals surface area contributed by atoms with Crippen LogP contribution in [0.25, 0.3) is 0 Å². The fourth-order valence-electron chi connectivity index (χ4n) is 1.59. The molecular weight excluding hydrogens is 317 g/mol. The Balaban J connectivity index is 2.05. The maximum atomic E-state index is 11.8. The first-order chi connectivity index (χ1) is 9.97. The van der Waals surface area contributed by atoms with Gasteiger partial charge in [-0.05, 0) is 29.8 Å². The summed E-state index contributed by atoms with van der Waals surface area (Å²) in [7, 11) is 0. The second kappa shape index (κ2) is 6.56. The van der Waals surface area contributed by atoms with E-state index in [-0.39, 0.29) is 22.9 Å². The zero-order valence-electron chi connectivity index (χ0n) is 10.6. The first-order valence-corrected chi connectivity index (χ1v) is 6.58. The van der Waals surface area contributed by atoms with Crippen LogP contribution in [0.3, 0.4) is 0 Å². The Morgan fingerprint density at radius 1 is 1.14 bits per heavy atom. The summed E-state index contributed by atoms with van der Waals surface area (Å²) in [5.74, 6) is -0.609. The third-order valence-corrected chi connectivity index (χ3v) is 3.22. The molecule has 5 nitrogen and oxygen atoms in total. The van der Waals surface area contributed by atoms with E-state index in [2.05, 4.69) is 0 Å². The minimum absolute atomic E-state index is 0.0740. The van der Waals surface area contributed by atoms with Crippen molar-refractivity contribution in [3.8, 4) is 0 Å². The number of ether oxygens (including phenoxy) is 1. The monoisotopic (exact) mass is 325 g/mol. The molecule has 0 saturated carbocycles. The average molecular weight is 326 g/mol. The number of nitro benzene ring substituents is 1. The first kappa shape index (κ1) is 15.3. The lowest BCUT2D eigenvalue weighted by Gasteiger charge is -2.05. The summed E-state index contributed by atoms with van der Waals surface area (Å²) in [6.45, 7) is 0.0740. The number of esters is 1. The van der Waals surface area contributed by atoms with Gasteiger partial charge < -0.3 is 4.74 Å². The van der Waals surface area contributed by atoms with Crippen LogP contribution in [-0.4, -0.2) is 10.9 Å². The van der Waals surface area contributed by atoms with Crippen molar-refractivity contribution in [2.24, 2.45) is 0 Å². The summed E-state index contributed by atoms with van der Waals surface area (Å²) >= 11 is 11.5. The largest absolute Gasteiger partial charge is 0.457 e. The van der Waals surface area contributed by atoms with Gasteiger partial charge in [0.05, 0.1) is 10.5 Å². The average Bonchev–Trinajstić information content (AvgIpc) is 2.45. The van der Waals surface area contributed by atoms with Gasteiger partial charge in [-0.15, -0.1) is 0 Å². The number of benzene rings is 2. The van der Waals surface area contributed by atoms with Crippen molar-refractivity contribution in [2.75, 3.05) is 0 Å². The van der Waals surface area contributed by atoms with E-state index in [0.717, 1.165) is 5.56 Å². The van der Waals surface area contributed by atoms with Crippen molar-refractivity contribution in [2.45, 2.75) is 6.61 Å². The Kier molecular flexibility index (Phi) is 4.77. The number of carbonyl (C=O) groups is 1. The molecule has 0 saturated heterocycles. The summed E-state index contributed by atoms with van der Waals surface area (Å²) in [4.78, 5) is 21.9. The predicted molar refractivity (Wildman–Crippen MR) is 78.7 cm³/mol. The van der Waals surface area contributed by atoms with Gasteiger partial charge >= 0.3 is 5.97 Å². The van der Waals surface area contributed by atoms with E-state index in [0.29, 0.717) is 5.02 Å². The molecule has 0 aliphatic rings. The van der Waals surface area contributed by atoms with Gasteiger partial charge in [-0.2, -0.15) is 0 Å². The van der Waals surface area contributed by atoms with Gasteiger partial charge in [0, 0.05) is 11.1 Å². The van der Waals surface area contributed by atoms with E-state index in [1.54, 1.807) is 24.3 Å². The number of nitrogens with zero attached hydrogens (tertiary/aromatic N) is 1. The molecule has 21 heavy (non-hydrogen) atoms. The molecule has 2 rings (SSSR count). The van der Waals surface area contributed by atoms with Crippen LogP contribution in [0.2, 0.25) is 10.0 Å². The maximum Gasteiger partial charge on any atom is 0.338 e. The smallest absolute Gasteiger partial charge is 0.338 e. The SMILES string of the molecule is O=C(OCc1ccc(Cl)cc1)c1ccc([N+](=O)[O-])c(Cl)c1. The Bertz CT molecular complexity index is 686. The van der Waals surface area contributed by atoms with Gasteiger partial charge in [0.2, 0.25) is 0 Å². The molecule has 0 radical (unpaired) electrons. The summed E-state index contributed by atoms with van der Waals surface area (Å²) < 4.78 is 5.10. The third-order valence-electron chi connectivity index (χ3n) is 2.66. The lowest BCUT2D eigenvalue weighted by atomic mass is 10.2. The second-order valence-electron chi connectivity index (χ2n) is 4.13. The van der Waals surface area contributed by atoms with E-state index >= 15 is 0 Å². The molecule has 0 amide bonds. The predicted octanol–water partition coefficient (Wildman–Crippen LogP) is 4.26. The molecule has 0 spiro atoms. The van der Waals surface area contributed by atoms with Crippen LogP contribution in [0.1, 0.15) is 15.9 Å². The molecule has 0 aromatic heterocycles. The number of hydrogen-bond acceptors (Lipinski definition) is 4. The Morgan fingerprint density at radius 3 is 2.38 bits per heavy atom. The topological polar surface area (TPSA) is 69.4 Å². The molecule has 2 aromatic carbocycles. The second-order valence-corrected chi connectivity index (χ2v) is 4.97. The fraction of sp³-hybridized carbons (Fsp3) is 0.0714. The molecule has 0 aliphatic carbocycles. The normalized spacial score (nSPS) is 10.2. The van der Waals surface area contributed by atoms with E-state index in [4.69, 9.17) is 27.9 Å². The van der Waals surface area contributed by atoms with Gasteiger partial charge in [-0.25, -0.2) is 4.79 Å². The highest BCUT2D eigenvalue weighted by atomic mass is 35.5. The van der Waals surface area contributed by atoms with Gasteiger partial charge in [0.15, 0.2) is 0 Å². The standard InChI is InChI=1S/C14H9Cl2NO4/c15-11-4-1-9(2-5-11)8-21-14(18)10-3-6-13(17(19)20)12(16)7-10/h1-7H,8H2. The Hall–Kier alpha value is -2.11.